The molecule has 0 radical (unpaired) electrons. The van der Waals surface area contributed by atoms with Crippen molar-refractivity contribution in [1.82, 2.24) is 14.8 Å². The topological polar surface area (TPSA) is 30.7 Å². The van der Waals surface area contributed by atoms with Crippen LogP contribution < -0.4 is 0 Å². The molecule has 1 aromatic heterocycles. The number of hydrogen-bond acceptors (Lipinski definition) is 2. The van der Waals surface area contributed by atoms with Gasteiger partial charge in [-0.05, 0) is 37.6 Å². The SMILES string of the molecule is Cc1cccc(Cl)c1-n1nc(-c2c(F)cccc2F)nc1C. The summed E-state index contributed by atoms with van der Waals surface area (Å²) in [6.45, 7) is 3.59. The molecule has 0 saturated carbocycles. The highest BCUT2D eigenvalue weighted by Crippen LogP contribution is 2.28. The van der Waals surface area contributed by atoms with Crippen LogP contribution in [0.25, 0.3) is 17.1 Å². The molecule has 1 heterocycles. The molecule has 0 aliphatic carbocycles. The van der Waals surface area contributed by atoms with Crippen molar-refractivity contribution in [1.29, 1.82) is 0 Å². The molecule has 0 N–H and O–H groups in total. The maximum atomic E-state index is 13.9. The third-order valence-electron chi connectivity index (χ3n) is 3.36. The van der Waals surface area contributed by atoms with E-state index in [-0.39, 0.29) is 11.4 Å². The van der Waals surface area contributed by atoms with Gasteiger partial charge in [-0.25, -0.2) is 18.4 Å². The van der Waals surface area contributed by atoms with Crippen LogP contribution in [0.4, 0.5) is 8.78 Å². The quantitative estimate of drug-likeness (QED) is 0.697. The molecule has 112 valence electrons. The number of nitrogens with zero attached hydrogens (tertiary/aromatic N) is 3. The fourth-order valence-electron chi connectivity index (χ4n) is 2.31. The number of aryl methyl sites for hydroxylation is 2. The third kappa shape index (κ3) is 2.37. The summed E-state index contributed by atoms with van der Waals surface area (Å²) in [5.74, 6) is -0.915. The van der Waals surface area contributed by atoms with Crippen LogP contribution in [0.1, 0.15) is 11.4 Å². The first-order valence-electron chi connectivity index (χ1n) is 6.62. The number of halogens is 3. The summed E-state index contributed by atoms with van der Waals surface area (Å²) in [4.78, 5) is 4.17. The van der Waals surface area contributed by atoms with Gasteiger partial charge in [-0.15, -0.1) is 5.10 Å². The Hall–Kier alpha value is -2.27. The predicted molar refractivity (Wildman–Crippen MR) is 81.2 cm³/mol. The minimum Gasteiger partial charge on any atom is -0.216 e. The molecular formula is C16H12ClF2N3. The molecule has 0 atom stereocenters. The highest BCUT2D eigenvalue weighted by molar-refractivity contribution is 6.32. The minimum atomic E-state index is -0.701. The first-order chi connectivity index (χ1) is 10.5. The second kappa shape index (κ2) is 5.50. The summed E-state index contributed by atoms with van der Waals surface area (Å²) in [6.07, 6.45) is 0. The van der Waals surface area contributed by atoms with E-state index in [4.69, 9.17) is 11.6 Å². The van der Waals surface area contributed by atoms with Crippen molar-refractivity contribution >= 4 is 11.6 Å². The van der Waals surface area contributed by atoms with Crippen molar-refractivity contribution in [3.8, 4) is 17.1 Å². The van der Waals surface area contributed by atoms with Crippen LogP contribution in [0.5, 0.6) is 0 Å². The van der Waals surface area contributed by atoms with Crippen molar-refractivity contribution in [2.75, 3.05) is 0 Å². The maximum absolute atomic E-state index is 13.9. The molecule has 22 heavy (non-hydrogen) atoms. The zero-order chi connectivity index (χ0) is 15.9. The van der Waals surface area contributed by atoms with Gasteiger partial charge in [0.2, 0.25) is 0 Å². The first kappa shape index (κ1) is 14.7. The largest absolute Gasteiger partial charge is 0.216 e. The van der Waals surface area contributed by atoms with Crippen molar-refractivity contribution < 1.29 is 8.78 Å². The standard InChI is InChI=1S/C16H12ClF2N3/c1-9-5-3-6-11(17)15(9)22-10(2)20-16(21-22)14-12(18)7-4-8-13(14)19/h3-8H,1-2H3. The smallest absolute Gasteiger partial charge is 0.187 e. The van der Waals surface area contributed by atoms with Crippen LogP contribution >= 0.6 is 11.6 Å². The Morgan fingerprint density at radius 1 is 1.00 bits per heavy atom. The summed E-state index contributed by atoms with van der Waals surface area (Å²) in [6, 6.07) is 9.09. The van der Waals surface area contributed by atoms with Crippen molar-refractivity contribution in [3.05, 3.63) is 64.4 Å². The highest BCUT2D eigenvalue weighted by Gasteiger charge is 2.19. The van der Waals surface area contributed by atoms with Gasteiger partial charge in [0.15, 0.2) is 5.82 Å². The van der Waals surface area contributed by atoms with Gasteiger partial charge in [0, 0.05) is 0 Å². The van der Waals surface area contributed by atoms with Crippen molar-refractivity contribution in [2.24, 2.45) is 0 Å². The van der Waals surface area contributed by atoms with E-state index in [0.29, 0.717) is 16.5 Å². The van der Waals surface area contributed by atoms with Crippen molar-refractivity contribution in [3.63, 3.8) is 0 Å². The van der Waals surface area contributed by atoms with Gasteiger partial charge in [-0.1, -0.05) is 29.8 Å². The lowest BCUT2D eigenvalue weighted by Gasteiger charge is -2.08. The molecule has 0 bridgehead atoms. The van der Waals surface area contributed by atoms with Gasteiger partial charge in [0.05, 0.1) is 16.3 Å². The first-order valence-corrected chi connectivity index (χ1v) is 7.00. The summed E-state index contributed by atoms with van der Waals surface area (Å²) in [5.41, 5.74) is 1.30. The summed E-state index contributed by atoms with van der Waals surface area (Å²) in [7, 11) is 0. The fourth-order valence-corrected chi connectivity index (χ4v) is 2.61. The van der Waals surface area contributed by atoms with Gasteiger partial charge in [-0.2, -0.15) is 0 Å². The monoisotopic (exact) mass is 319 g/mol. The Balaban J connectivity index is 2.21. The zero-order valence-corrected chi connectivity index (χ0v) is 12.7. The second-order valence-electron chi connectivity index (χ2n) is 4.90. The molecule has 0 aliphatic rings. The molecular weight excluding hydrogens is 308 g/mol. The fraction of sp³-hybridized carbons (Fsp3) is 0.125. The number of para-hydroxylation sites is 1. The molecule has 6 heteroatoms. The van der Waals surface area contributed by atoms with Gasteiger partial charge in [0.25, 0.3) is 0 Å². The average molecular weight is 320 g/mol. The molecule has 0 saturated heterocycles. The Kier molecular flexibility index (Phi) is 3.66. The molecule has 3 aromatic rings. The molecule has 0 fully saturated rings. The molecule has 0 unspecified atom stereocenters. The molecule has 2 aromatic carbocycles. The maximum Gasteiger partial charge on any atom is 0.187 e. The van der Waals surface area contributed by atoms with E-state index in [1.54, 1.807) is 13.0 Å². The number of benzene rings is 2. The Labute approximate surface area is 131 Å². The predicted octanol–water partition coefficient (Wildman–Crippen LogP) is 4.48. The summed E-state index contributed by atoms with van der Waals surface area (Å²) in [5, 5.41) is 4.73. The highest BCUT2D eigenvalue weighted by atomic mass is 35.5. The van der Waals surface area contributed by atoms with Crippen molar-refractivity contribution in [2.45, 2.75) is 13.8 Å². The minimum absolute atomic E-state index is 0.00702. The van der Waals surface area contributed by atoms with Crippen LogP contribution in [-0.2, 0) is 0 Å². The van der Waals surface area contributed by atoms with E-state index in [0.717, 1.165) is 5.56 Å². The lowest BCUT2D eigenvalue weighted by molar-refractivity contribution is 0.587. The van der Waals surface area contributed by atoms with E-state index in [1.807, 2.05) is 19.1 Å². The van der Waals surface area contributed by atoms with Crippen LogP contribution in [0.3, 0.4) is 0 Å². The van der Waals surface area contributed by atoms with E-state index in [9.17, 15) is 8.78 Å². The average Bonchev–Trinajstić information content (AvgIpc) is 2.80. The van der Waals surface area contributed by atoms with E-state index < -0.39 is 11.6 Å². The molecule has 0 spiro atoms. The molecule has 0 amide bonds. The van der Waals surface area contributed by atoms with Gasteiger partial charge < -0.3 is 0 Å². The van der Waals surface area contributed by atoms with Gasteiger partial charge in [-0.3, -0.25) is 0 Å². The Morgan fingerprint density at radius 2 is 1.64 bits per heavy atom. The van der Waals surface area contributed by atoms with E-state index >= 15 is 0 Å². The molecule has 3 rings (SSSR count). The van der Waals surface area contributed by atoms with E-state index in [1.165, 1.54) is 22.9 Å². The zero-order valence-electron chi connectivity index (χ0n) is 11.9. The van der Waals surface area contributed by atoms with Crippen LogP contribution in [0, 0.1) is 25.5 Å². The van der Waals surface area contributed by atoms with Gasteiger partial charge in [0.1, 0.15) is 17.5 Å². The summed E-state index contributed by atoms with van der Waals surface area (Å²) < 4.78 is 29.3. The molecule has 0 aliphatic heterocycles. The number of aromatic nitrogens is 3. The van der Waals surface area contributed by atoms with Gasteiger partial charge >= 0.3 is 0 Å². The number of rotatable bonds is 2. The third-order valence-corrected chi connectivity index (χ3v) is 3.66. The Bertz CT molecular complexity index is 818. The second-order valence-corrected chi connectivity index (χ2v) is 5.30. The summed E-state index contributed by atoms with van der Waals surface area (Å²) >= 11 is 6.22. The Morgan fingerprint density at radius 3 is 2.27 bits per heavy atom. The molecule has 3 nitrogen and oxygen atoms in total. The lowest BCUT2D eigenvalue weighted by Crippen LogP contribution is -2.02. The normalized spacial score (nSPS) is 11.0. The van der Waals surface area contributed by atoms with Crippen LogP contribution in [-0.4, -0.2) is 14.8 Å². The lowest BCUT2D eigenvalue weighted by atomic mass is 10.2. The number of hydrogen-bond donors (Lipinski definition) is 0. The van der Waals surface area contributed by atoms with Crippen LogP contribution in [0.15, 0.2) is 36.4 Å². The van der Waals surface area contributed by atoms with Crippen LogP contribution in [0.2, 0.25) is 5.02 Å². The van der Waals surface area contributed by atoms with E-state index in [2.05, 4.69) is 10.1 Å².